The molecule has 0 amide bonds. The fraction of sp³-hybridized carbons (Fsp3) is 0.704. The highest BCUT2D eigenvalue weighted by molar-refractivity contribution is 5.91. The zero-order valence-corrected chi connectivity index (χ0v) is 20.9. The number of nitrogens with zero attached hydrogens (tertiary/aromatic N) is 4. The van der Waals surface area contributed by atoms with Crippen molar-refractivity contribution in [3.05, 3.63) is 23.0 Å². The smallest absolute Gasteiger partial charge is 0.217 e. The molecule has 2 aromatic rings. The third kappa shape index (κ3) is 4.08. The number of fused-ring (bicyclic) bond motifs is 2. The fourth-order valence-electron chi connectivity index (χ4n) is 6.76. The number of hydrogen-bond donors (Lipinski definition) is 0. The number of Topliss-reactive ketones (excluding diaryl/α,β-unsaturated/α-hetero) is 1. The average molecular weight is 481 g/mol. The third-order valence-electron chi connectivity index (χ3n) is 8.76. The zero-order chi connectivity index (χ0) is 24.0. The van der Waals surface area contributed by atoms with Crippen LogP contribution in [0.15, 0.2) is 10.6 Å². The molecule has 4 heterocycles. The second-order valence-electron chi connectivity index (χ2n) is 10.9. The van der Waals surface area contributed by atoms with Crippen LogP contribution < -0.4 is 4.74 Å². The largest absolute Gasteiger partial charge is 0.473 e. The standard InChI is InChI=1S/C27H36N4O4/c1-17(21-8-6-13-31(21)2)34-23-15-20(18-10-14-33-16-18)28-26(29-23)24-19-7-5-12-27(25(19)30-35-24)11-4-3-9-22(27)32/h15,17-18,21H,3-14,16H2,1-2H3/t17-,18+,21-,27+/m0/s1. The lowest BCUT2D eigenvalue weighted by Gasteiger charge is -2.37. The number of ether oxygens (including phenoxy) is 2. The predicted molar refractivity (Wildman–Crippen MR) is 130 cm³/mol. The van der Waals surface area contributed by atoms with E-state index >= 15 is 0 Å². The second-order valence-corrected chi connectivity index (χ2v) is 10.9. The SMILES string of the molecule is C[C@H](Oc1cc([C@@H]2CCOC2)nc(-c2onc3c2CCC[C@@]32CCCCC2=O)n1)[C@@H]1CCCN1C. The molecule has 2 saturated heterocycles. The molecule has 6 rings (SSSR count). The number of rotatable bonds is 5. The van der Waals surface area contributed by atoms with Crippen LogP contribution in [0.5, 0.6) is 5.88 Å². The van der Waals surface area contributed by atoms with E-state index in [1.165, 1.54) is 6.42 Å². The first-order valence-corrected chi connectivity index (χ1v) is 13.4. The van der Waals surface area contributed by atoms with Crippen LogP contribution in [0.1, 0.15) is 87.6 Å². The fourth-order valence-corrected chi connectivity index (χ4v) is 6.76. The molecule has 0 bridgehead atoms. The monoisotopic (exact) mass is 480 g/mol. The zero-order valence-electron chi connectivity index (χ0n) is 20.9. The minimum absolute atomic E-state index is 0.0182. The first kappa shape index (κ1) is 23.1. The highest BCUT2D eigenvalue weighted by Crippen LogP contribution is 2.47. The van der Waals surface area contributed by atoms with E-state index in [1.54, 1.807) is 0 Å². The topological polar surface area (TPSA) is 90.6 Å². The summed E-state index contributed by atoms with van der Waals surface area (Å²) in [5.41, 5.74) is 2.30. The van der Waals surface area contributed by atoms with E-state index in [0.717, 1.165) is 81.5 Å². The Labute approximate surface area is 206 Å². The van der Waals surface area contributed by atoms with E-state index in [4.69, 9.17) is 24.0 Å². The molecule has 188 valence electrons. The van der Waals surface area contributed by atoms with Gasteiger partial charge < -0.3 is 14.0 Å². The van der Waals surface area contributed by atoms with Crippen molar-refractivity contribution in [3.63, 3.8) is 0 Å². The molecular formula is C27H36N4O4. The van der Waals surface area contributed by atoms with Crippen LogP contribution in [0, 0.1) is 0 Å². The maximum absolute atomic E-state index is 13.1. The lowest BCUT2D eigenvalue weighted by molar-refractivity contribution is -0.127. The van der Waals surface area contributed by atoms with E-state index in [0.29, 0.717) is 42.3 Å². The van der Waals surface area contributed by atoms with Crippen molar-refractivity contribution in [3.8, 4) is 17.5 Å². The highest BCUT2D eigenvalue weighted by atomic mass is 16.5. The quantitative estimate of drug-likeness (QED) is 0.629. The number of carbonyl (C=O) groups is 1. The van der Waals surface area contributed by atoms with Gasteiger partial charge in [0.25, 0.3) is 0 Å². The lowest BCUT2D eigenvalue weighted by atomic mass is 9.64. The van der Waals surface area contributed by atoms with Crippen LogP contribution in [-0.2, 0) is 21.4 Å². The van der Waals surface area contributed by atoms with Crippen molar-refractivity contribution in [1.29, 1.82) is 0 Å². The molecule has 35 heavy (non-hydrogen) atoms. The second kappa shape index (κ2) is 9.28. The number of hydrogen-bond acceptors (Lipinski definition) is 8. The molecule has 1 saturated carbocycles. The molecule has 2 aromatic heterocycles. The van der Waals surface area contributed by atoms with Gasteiger partial charge in [-0.1, -0.05) is 11.6 Å². The van der Waals surface area contributed by atoms with Gasteiger partial charge in [0.15, 0.2) is 0 Å². The van der Waals surface area contributed by atoms with Gasteiger partial charge in [0, 0.05) is 36.6 Å². The van der Waals surface area contributed by atoms with Crippen LogP contribution in [0.2, 0.25) is 0 Å². The number of likely N-dealkylation sites (tertiary alicyclic amines) is 1. The van der Waals surface area contributed by atoms with Gasteiger partial charge in [0.2, 0.25) is 17.5 Å². The summed E-state index contributed by atoms with van der Waals surface area (Å²) in [5, 5.41) is 4.50. The highest BCUT2D eigenvalue weighted by Gasteiger charge is 2.48. The Bertz CT molecular complexity index is 1090. The summed E-state index contributed by atoms with van der Waals surface area (Å²) >= 11 is 0. The van der Waals surface area contributed by atoms with E-state index in [1.807, 2.05) is 6.07 Å². The number of aromatic nitrogens is 3. The average Bonchev–Trinajstić information content (AvgIpc) is 3.62. The van der Waals surface area contributed by atoms with Crippen molar-refractivity contribution in [2.45, 2.75) is 94.6 Å². The molecule has 4 aliphatic rings. The molecule has 3 fully saturated rings. The van der Waals surface area contributed by atoms with Crippen molar-refractivity contribution in [1.82, 2.24) is 20.0 Å². The molecule has 0 aromatic carbocycles. The Hall–Kier alpha value is -2.32. The van der Waals surface area contributed by atoms with Gasteiger partial charge in [0.1, 0.15) is 17.6 Å². The Kier molecular flexibility index (Phi) is 6.13. The predicted octanol–water partition coefficient (Wildman–Crippen LogP) is 4.21. The molecule has 0 radical (unpaired) electrons. The first-order valence-electron chi connectivity index (χ1n) is 13.4. The molecule has 2 aliphatic heterocycles. The Morgan fingerprint density at radius 1 is 1.14 bits per heavy atom. The van der Waals surface area contributed by atoms with Gasteiger partial charge in [-0.25, -0.2) is 4.98 Å². The summed E-state index contributed by atoms with van der Waals surface area (Å²) in [6.07, 6.45) is 9.48. The van der Waals surface area contributed by atoms with Crippen molar-refractivity contribution in [2.75, 3.05) is 26.8 Å². The third-order valence-corrected chi connectivity index (χ3v) is 8.76. The molecule has 8 nitrogen and oxygen atoms in total. The minimum atomic E-state index is -0.481. The maximum Gasteiger partial charge on any atom is 0.217 e. The van der Waals surface area contributed by atoms with E-state index in [-0.39, 0.29) is 12.0 Å². The van der Waals surface area contributed by atoms with Gasteiger partial charge in [-0.15, -0.1) is 0 Å². The molecule has 0 N–H and O–H groups in total. The molecule has 0 unspecified atom stereocenters. The molecule has 8 heteroatoms. The minimum Gasteiger partial charge on any atom is -0.473 e. The van der Waals surface area contributed by atoms with Crippen LogP contribution in [0.4, 0.5) is 0 Å². The van der Waals surface area contributed by atoms with Gasteiger partial charge >= 0.3 is 0 Å². The van der Waals surface area contributed by atoms with Crippen LogP contribution in [0.25, 0.3) is 11.6 Å². The Morgan fingerprint density at radius 3 is 2.80 bits per heavy atom. The van der Waals surface area contributed by atoms with Gasteiger partial charge in [-0.3, -0.25) is 9.69 Å². The van der Waals surface area contributed by atoms with Crippen molar-refractivity contribution in [2.24, 2.45) is 0 Å². The Morgan fingerprint density at radius 2 is 2.03 bits per heavy atom. The number of likely N-dealkylation sites (N-methyl/N-ethyl adjacent to an activating group) is 1. The van der Waals surface area contributed by atoms with Gasteiger partial charge in [-0.05, 0) is 71.9 Å². The van der Waals surface area contributed by atoms with Gasteiger partial charge in [0.05, 0.1) is 17.7 Å². The first-order chi connectivity index (χ1) is 17.0. The number of carbonyl (C=O) groups excluding carboxylic acids is 1. The van der Waals surface area contributed by atoms with Gasteiger partial charge in [-0.2, -0.15) is 4.98 Å². The van der Waals surface area contributed by atoms with Crippen LogP contribution >= 0.6 is 0 Å². The van der Waals surface area contributed by atoms with E-state index in [2.05, 4.69) is 24.0 Å². The van der Waals surface area contributed by atoms with Crippen LogP contribution in [0.3, 0.4) is 0 Å². The van der Waals surface area contributed by atoms with Crippen molar-refractivity contribution >= 4 is 5.78 Å². The van der Waals surface area contributed by atoms with Crippen molar-refractivity contribution < 1.29 is 18.8 Å². The summed E-state index contributed by atoms with van der Waals surface area (Å²) in [4.78, 5) is 25.2. The van der Waals surface area contributed by atoms with E-state index in [9.17, 15) is 4.79 Å². The summed E-state index contributed by atoms with van der Waals surface area (Å²) in [5.74, 6) is 2.24. The Balaban J connectivity index is 1.37. The normalized spacial score (nSPS) is 30.1. The van der Waals surface area contributed by atoms with E-state index < -0.39 is 5.41 Å². The molecule has 2 aliphatic carbocycles. The molecule has 1 spiro atoms. The maximum atomic E-state index is 13.1. The summed E-state index contributed by atoms with van der Waals surface area (Å²) < 4.78 is 18.0. The lowest BCUT2D eigenvalue weighted by Crippen LogP contribution is -2.41. The molecular weight excluding hydrogens is 444 g/mol. The summed E-state index contributed by atoms with van der Waals surface area (Å²) in [6, 6.07) is 2.35. The number of ketones is 1. The summed E-state index contributed by atoms with van der Waals surface area (Å²) in [6.45, 7) is 4.62. The van der Waals surface area contributed by atoms with Crippen LogP contribution in [-0.4, -0.2) is 64.8 Å². The summed E-state index contributed by atoms with van der Waals surface area (Å²) in [7, 11) is 2.16. The molecule has 4 atom stereocenters.